The maximum absolute atomic E-state index is 11.8. The summed E-state index contributed by atoms with van der Waals surface area (Å²) >= 11 is 0. The molecule has 1 amide bonds. The van der Waals surface area contributed by atoms with Gasteiger partial charge in [-0.3, -0.25) is 9.78 Å². The van der Waals surface area contributed by atoms with Gasteiger partial charge in [0.1, 0.15) is 5.82 Å². The Morgan fingerprint density at radius 3 is 2.79 bits per heavy atom. The number of likely N-dealkylation sites (tertiary alicyclic amines) is 1. The highest BCUT2D eigenvalue weighted by atomic mass is 16.2. The van der Waals surface area contributed by atoms with Crippen LogP contribution in [0, 0.1) is 13.8 Å². The maximum atomic E-state index is 11.8. The number of hydrogen-bond donors (Lipinski definition) is 0. The minimum atomic E-state index is 0.259. The Labute approximate surface area is 142 Å². The summed E-state index contributed by atoms with van der Waals surface area (Å²) in [6.07, 6.45) is 5.17. The van der Waals surface area contributed by atoms with Crippen LogP contribution in [0.5, 0.6) is 0 Å². The molecular weight excluding hydrogens is 302 g/mol. The zero-order chi connectivity index (χ0) is 17.1. The lowest BCUT2D eigenvalue weighted by Gasteiger charge is -2.24. The smallest absolute Gasteiger partial charge is 0.222 e. The summed E-state index contributed by atoms with van der Waals surface area (Å²) in [4.78, 5) is 29.3. The molecular formula is C18H23N5O. The number of aryl methyl sites for hydroxylation is 1. The molecule has 3 rings (SSSR count). The van der Waals surface area contributed by atoms with E-state index >= 15 is 0 Å². The number of hydrogen-bond acceptors (Lipinski definition) is 5. The molecule has 2 aromatic heterocycles. The topological polar surface area (TPSA) is 62.2 Å². The highest BCUT2D eigenvalue weighted by Gasteiger charge is 2.21. The zero-order valence-corrected chi connectivity index (χ0v) is 14.5. The Bertz CT molecular complexity index is 732. The van der Waals surface area contributed by atoms with Gasteiger partial charge in [0, 0.05) is 62.3 Å². The summed E-state index contributed by atoms with van der Waals surface area (Å²) < 4.78 is 0. The van der Waals surface area contributed by atoms with Gasteiger partial charge in [0.25, 0.3) is 0 Å². The van der Waals surface area contributed by atoms with E-state index in [9.17, 15) is 4.79 Å². The Morgan fingerprint density at radius 1 is 1.29 bits per heavy atom. The van der Waals surface area contributed by atoms with E-state index < -0.39 is 0 Å². The van der Waals surface area contributed by atoms with E-state index in [2.05, 4.69) is 14.9 Å². The van der Waals surface area contributed by atoms with Gasteiger partial charge in [0.2, 0.25) is 5.91 Å². The van der Waals surface area contributed by atoms with Gasteiger partial charge < -0.3 is 9.80 Å². The van der Waals surface area contributed by atoms with E-state index in [1.807, 2.05) is 37.9 Å². The van der Waals surface area contributed by atoms with Crippen molar-refractivity contribution in [3.05, 3.63) is 35.8 Å². The van der Waals surface area contributed by atoms with Gasteiger partial charge in [-0.2, -0.15) is 0 Å². The molecule has 0 atom stereocenters. The fourth-order valence-electron chi connectivity index (χ4n) is 2.93. The summed E-state index contributed by atoms with van der Waals surface area (Å²) in [6, 6.07) is 3.85. The molecule has 6 nitrogen and oxygen atoms in total. The van der Waals surface area contributed by atoms with Gasteiger partial charge >= 0.3 is 0 Å². The van der Waals surface area contributed by atoms with Crippen molar-refractivity contribution in [3.63, 3.8) is 0 Å². The van der Waals surface area contributed by atoms with E-state index in [-0.39, 0.29) is 5.91 Å². The quantitative estimate of drug-likeness (QED) is 0.843. The summed E-state index contributed by atoms with van der Waals surface area (Å²) in [5.41, 5.74) is 2.94. The van der Waals surface area contributed by atoms with Crippen molar-refractivity contribution in [2.45, 2.75) is 26.7 Å². The molecule has 126 valence electrons. The number of aromatic nitrogens is 3. The van der Waals surface area contributed by atoms with Crippen molar-refractivity contribution in [3.8, 4) is 11.4 Å². The fourth-order valence-corrected chi connectivity index (χ4v) is 2.93. The number of rotatable bonds is 5. The average Bonchev–Trinajstić information content (AvgIpc) is 3.01. The van der Waals surface area contributed by atoms with E-state index in [1.54, 1.807) is 12.4 Å². The van der Waals surface area contributed by atoms with Crippen molar-refractivity contribution < 1.29 is 4.79 Å². The highest BCUT2D eigenvalue weighted by Crippen LogP contribution is 2.23. The SMILES string of the molecule is Cc1nc(-c2cccnc2)nc(N(C)CCN2CCCC2=O)c1C. The van der Waals surface area contributed by atoms with Crippen LogP contribution >= 0.6 is 0 Å². The number of nitrogens with zero attached hydrogens (tertiary/aromatic N) is 5. The predicted molar refractivity (Wildman–Crippen MR) is 93.8 cm³/mol. The largest absolute Gasteiger partial charge is 0.358 e. The lowest BCUT2D eigenvalue weighted by Crippen LogP contribution is -2.34. The molecule has 0 spiro atoms. The number of likely N-dealkylation sites (N-methyl/N-ethyl adjacent to an activating group) is 1. The second-order valence-corrected chi connectivity index (χ2v) is 6.23. The van der Waals surface area contributed by atoms with Gasteiger partial charge in [0.15, 0.2) is 5.82 Å². The van der Waals surface area contributed by atoms with E-state index in [0.717, 1.165) is 48.7 Å². The number of carbonyl (C=O) groups excluding carboxylic acids is 1. The minimum absolute atomic E-state index is 0.259. The summed E-state index contributed by atoms with van der Waals surface area (Å²) in [5, 5.41) is 0. The molecule has 1 fully saturated rings. The maximum Gasteiger partial charge on any atom is 0.222 e. The Morgan fingerprint density at radius 2 is 2.12 bits per heavy atom. The summed E-state index contributed by atoms with van der Waals surface area (Å²) in [7, 11) is 2.02. The molecule has 0 bridgehead atoms. The number of anilines is 1. The van der Waals surface area contributed by atoms with Gasteiger partial charge in [-0.25, -0.2) is 9.97 Å². The average molecular weight is 325 g/mol. The predicted octanol–water partition coefficient (Wildman–Crippen LogP) is 2.21. The fraction of sp³-hybridized carbons (Fsp3) is 0.444. The molecule has 3 heterocycles. The van der Waals surface area contributed by atoms with E-state index in [0.29, 0.717) is 12.2 Å². The second-order valence-electron chi connectivity index (χ2n) is 6.23. The van der Waals surface area contributed by atoms with Gasteiger partial charge in [0.05, 0.1) is 0 Å². The lowest BCUT2D eigenvalue weighted by atomic mass is 10.2. The van der Waals surface area contributed by atoms with Crippen LogP contribution in [-0.2, 0) is 4.79 Å². The molecule has 24 heavy (non-hydrogen) atoms. The molecule has 1 aliphatic heterocycles. The number of carbonyl (C=O) groups is 1. The molecule has 0 N–H and O–H groups in total. The van der Waals surface area contributed by atoms with Crippen LogP contribution in [0.2, 0.25) is 0 Å². The van der Waals surface area contributed by atoms with Crippen LogP contribution in [0.25, 0.3) is 11.4 Å². The van der Waals surface area contributed by atoms with Crippen molar-refractivity contribution >= 4 is 11.7 Å². The first kappa shape index (κ1) is 16.4. The lowest BCUT2D eigenvalue weighted by molar-refractivity contribution is -0.127. The standard InChI is InChI=1S/C18H23N5O/c1-13-14(2)20-17(15-6-4-8-19-12-15)21-18(13)22(3)10-11-23-9-5-7-16(23)24/h4,6,8,12H,5,7,9-11H2,1-3H3. The third-order valence-electron chi connectivity index (χ3n) is 4.52. The van der Waals surface area contributed by atoms with Gasteiger partial charge in [-0.1, -0.05) is 0 Å². The van der Waals surface area contributed by atoms with Crippen molar-refractivity contribution in [2.24, 2.45) is 0 Å². The number of amides is 1. The van der Waals surface area contributed by atoms with Crippen molar-refractivity contribution in [1.82, 2.24) is 19.9 Å². The van der Waals surface area contributed by atoms with Crippen LogP contribution in [0.1, 0.15) is 24.1 Å². The Hall–Kier alpha value is -2.50. The molecule has 0 radical (unpaired) electrons. The normalized spacial score (nSPS) is 14.3. The monoisotopic (exact) mass is 325 g/mol. The number of pyridine rings is 1. The first-order chi connectivity index (χ1) is 11.6. The second kappa shape index (κ2) is 6.95. The minimum Gasteiger partial charge on any atom is -0.358 e. The molecule has 0 aliphatic carbocycles. The Balaban J connectivity index is 1.81. The van der Waals surface area contributed by atoms with Crippen LogP contribution in [0.15, 0.2) is 24.5 Å². The first-order valence-electron chi connectivity index (χ1n) is 8.31. The zero-order valence-electron chi connectivity index (χ0n) is 14.5. The van der Waals surface area contributed by atoms with Crippen LogP contribution in [-0.4, -0.2) is 52.4 Å². The van der Waals surface area contributed by atoms with E-state index in [4.69, 9.17) is 4.98 Å². The van der Waals surface area contributed by atoms with Crippen LogP contribution < -0.4 is 4.90 Å². The van der Waals surface area contributed by atoms with Gasteiger partial charge in [-0.15, -0.1) is 0 Å². The molecule has 0 aromatic carbocycles. The highest BCUT2D eigenvalue weighted by molar-refractivity contribution is 5.78. The van der Waals surface area contributed by atoms with Crippen molar-refractivity contribution in [1.29, 1.82) is 0 Å². The first-order valence-corrected chi connectivity index (χ1v) is 8.31. The third kappa shape index (κ3) is 3.37. The molecule has 1 saturated heterocycles. The molecule has 2 aromatic rings. The Kier molecular flexibility index (Phi) is 4.74. The molecule has 6 heteroatoms. The summed E-state index contributed by atoms with van der Waals surface area (Å²) in [5.74, 6) is 1.85. The van der Waals surface area contributed by atoms with Crippen molar-refractivity contribution in [2.75, 3.05) is 31.6 Å². The van der Waals surface area contributed by atoms with Crippen LogP contribution in [0.3, 0.4) is 0 Å². The van der Waals surface area contributed by atoms with Gasteiger partial charge in [-0.05, 0) is 32.4 Å². The molecule has 0 unspecified atom stereocenters. The molecule has 0 saturated carbocycles. The molecule has 1 aliphatic rings. The van der Waals surface area contributed by atoms with E-state index in [1.165, 1.54) is 0 Å². The van der Waals surface area contributed by atoms with Crippen LogP contribution in [0.4, 0.5) is 5.82 Å². The summed E-state index contributed by atoms with van der Waals surface area (Å²) in [6.45, 7) is 6.40. The third-order valence-corrected chi connectivity index (χ3v) is 4.52.